The number of carboxylic acid groups (broad SMARTS) is 1. The molecule has 0 aromatic heterocycles. The number of rotatable bonds is 5. The van der Waals surface area contributed by atoms with Crippen molar-refractivity contribution in [3.05, 3.63) is 65.7 Å². The fourth-order valence-corrected chi connectivity index (χ4v) is 4.81. The molecule has 0 amide bonds. The minimum Gasteiger partial charge on any atom is -0.481 e. The molecule has 3 rings (SSSR count). The zero-order chi connectivity index (χ0) is 19.7. The summed E-state index contributed by atoms with van der Waals surface area (Å²) in [5.74, 6) is -1.93. The van der Waals surface area contributed by atoms with Crippen LogP contribution in [0.1, 0.15) is 18.4 Å². The number of hydrogen-bond acceptors (Lipinski definition) is 3. The molecule has 144 valence electrons. The number of carboxylic acids is 1. The highest BCUT2D eigenvalue weighted by Gasteiger charge is 2.44. The zero-order valence-corrected chi connectivity index (χ0v) is 15.3. The Morgan fingerprint density at radius 1 is 0.963 bits per heavy atom. The molecule has 0 bridgehead atoms. The van der Waals surface area contributed by atoms with Crippen molar-refractivity contribution in [1.82, 2.24) is 4.31 Å². The number of halogens is 2. The van der Waals surface area contributed by atoms with E-state index in [4.69, 9.17) is 0 Å². The van der Waals surface area contributed by atoms with E-state index in [1.165, 1.54) is 28.6 Å². The summed E-state index contributed by atoms with van der Waals surface area (Å²) in [5, 5.41) is 9.76. The summed E-state index contributed by atoms with van der Waals surface area (Å²) in [6.07, 6.45) is 0.479. The minimum absolute atomic E-state index is 0.0229. The van der Waals surface area contributed by atoms with Crippen LogP contribution >= 0.6 is 0 Å². The fourth-order valence-electron chi connectivity index (χ4n) is 3.37. The first-order valence-corrected chi connectivity index (χ1v) is 9.91. The Kier molecular flexibility index (Phi) is 5.30. The molecule has 1 aliphatic rings. The van der Waals surface area contributed by atoms with E-state index in [2.05, 4.69) is 0 Å². The normalized spacial score (nSPS) is 17.6. The maximum atomic E-state index is 13.1. The summed E-state index contributed by atoms with van der Waals surface area (Å²) in [7, 11) is -3.81. The number of piperidine rings is 1. The van der Waals surface area contributed by atoms with Gasteiger partial charge >= 0.3 is 5.97 Å². The van der Waals surface area contributed by atoms with Gasteiger partial charge in [0.25, 0.3) is 0 Å². The van der Waals surface area contributed by atoms with Crippen LogP contribution in [0.25, 0.3) is 0 Å². The molecule has 1 heterocycles. The largest absolute Gasteiger partial charge is 0.481 e. The highest BCUT2D eigenvalue weighted by Crippen LogP contribution is 2.37. The summed E-state index contributed by atoms with van der Waals surface area (Å²) < 4.78 is 52.7. The Balaban J connectivity index is 1.77. The quantitative estimate of drug-likeness (QED) is 0.844. The van der Waals surface area contributed by atoms with Crippen LogP contribution in [-0.4, -0.2) is 36.9 Å². The lowest BCUT2D eigenvalue weighted by Gasteiger charge is -2.38. The third kappa shape index (κ3) is 4.01. The van der Waals surface area contributed by atoms with Crippen LogP contribution in [0.3, 0.4) is 0 Å². The number of hydrogen-bond donors (Lipinski definition) is 1. The Hall–Kier alpha value is -2.32. The van der Waals surface area contributed by atoms with Gasteiger partial charge in [-0.05, 0) is 61.2 Å². The highest BCUT2D eigenvalue weighted by atomic mass is 32.2. The standard InChI is InChI=1S/C19H19F2NO4S/c20-15-3-1-14(2-4-15)13-19(18(23)24)9-11-22(12-10-19)27(25,26)17-7-5-16(21)6-8-17/h1-8H,9-13H2,(H,23,24). The number of benzene rings is 2. The monoisotopic (exact) mass is 395 g/mol. The number of sulfonamides is 1. The fraction of sp³-hybridized carbons (Fsp3) is 0.316. The van der Waals surface area contributed by atoms with Crippen molar-refractivity contribution in [3.8, 4) is 0 Å². The van der Waals surface area contributed by atoms with Crippen molar-refractivity contribution < 1.29 is 27.1 Å². The van der Waals surface area contributed by atoms with Crippen molar-refractivity contribution in [2.75, 3.05) is 13.1 Å². The van der Waals surface area contributed by atoms with Gasteiger partial charge in [0.05, 0.1) is 10.3 Å². The first-order chi connectivity index (χ1) is 12.7. The van der Waals surface area contributed by atoms with Crippen LogP contribution in [0.2, 0.25) is 0 Å². The molecular weight excluding hydrogens is 376 g/mol. The smallest absolute Gasteiger partial charge is 0.310 e. The van der Waals surface area contributed by atoms with Gasteiger partial charge in [0.15, 0.2) is 0 Å². The predicted molar refractivity (Wildman–Crippen MR) is 94.6 cm³/mol. The Labute approximate surface area is 156 Å². The third-order valence-electron chi connectivity index (χ3n) is 5.04. The van der Waals surface area contributed by atoms with E-state index >= 15 is 0 Å². The molecule has 1 N–H and O–H groups in total. The van der Waals surface area contributed by atoms with Crippen molar-refractivity contribution in [3.63, 3.8) is 0 Å². The third-order valence-corrected chi connectivity index (χ3v) is 6.95. The molecule has 8 heteroatoms. The van der Waals surface area contributed by atoms with Crippen molar-refractivity contribution >= 4 is 16.0 Å². The van der Waals surface area contributed by atoms with Gasteiger partial charge in [-0.25, -0.2) is 17.2 Å². The first kappa shape index (κ1) is 19.4. The maximum Gasteiger partial charge on any atom is 0.310 e. The lowest BCUT2D eigenvalue weighted by atomic mass is 9.74. The average molecular weight is 395 g/mol. The van der Waals surface area contributed by atoms with E-state index in [0.717, 1.165) is 12.1 Å². The van der Waals surface area contributed by atoms with Crippen LogP contribution in [-0.2, 0) is 21.2 Å². The molecule has 1 saturated heterocycles. The van der Waals surface area contributed by atoms with Crippen LogP contribution in [0.5, 0.6) is 0 Å². The van der Waals surface area contributed by atoms with Crippen LogP contribution < -0.4 is 0 Å². The predicted octanol–water partition coefficient (Wildman–Crippen LogP) is 3.06. The van der Waals surface area contributed by atoms with Gasteiger partial charge in [-0.3, -0.25) is 4.79 Å². The molecule has 1 fully saturated rings. The summed E-state index contributed by atoms with van der Waals surface area (Å²) in [4.78, 5) is 11.9. The molecule has 0 saturated carbocycles. The molecular formula is C19H19F2NO4S. The molecule has 0 aliphatic carbocycles. The van der Waals surface area contributed by atoms with E-state index in [0.29, 0.717) is 5.56 Å². The van der Waals surface area contributed by atoms with Crippen LogP contribution in [0.15, 0.2) is 53.4 Å². The molecule has 0 unspecified atom stereocenters. The first-order valence-electron chi connectivity index (χ1n) is 8.47. The minimum atomic E-state index is -3.81. The summed E-state index contributed by atoms with van der Waals surface area (Å²) >= 11 is 0. The molecule has 5 nitrogen and oxygen atoms in total. The topological polar surface area (TPSA) is 74.7 Å². The molecule has 2 aromatic rings. The van der Waals surface area contributed by atoms with Gasteiger partial charge in [-0.1, -0.05) is 12.1 Å². The van der Waals surface area contributed by atoms with Gasteiger partial charge in [0.2, 0.25) is 10.0 Å². The van der Waals surface area contributed by atoms with E-state index in [1.807, 2.05) is 0 Å². The van der Waals surface area contributed by atoms with Crippen molar-refractivity contribution in [1.29, 1.82) is 0 Å². The summed E-state index contributed by atoms with van der Waals surface area (Å²) in [6.45, 7) is 0.0976. The lowest BCUT2D eigenvalue weighted by molar-refractivity contribution is -0.151. The maximum absolute atomic E-state index is 13.1. The van der Waals surface area contributed by atoms with Gasteiger partial charge < -0.3 is 5.11 Å². The van der Waals surface area contributed by atoms with E-state index in [-0.39, 0.29) is 37.2 Å². The van der Waals surface area contributed by atoms with E-state index in [1.54, 1.807) is 12.1 Å². The lowest BCUT2D eigenvalue weighted by Crippen LogP contribution is -2.47. The molecule has 0 radical (unpaired) electrons. The molecule has 27 heavy (non-hydrogen) atoms. The Morgan fingerprint density at radius 3 is 1.93 bits per heavy atom. The number of carbonyl (C=O) groups is 1. The number of nitrogens with zero attached hydrogens (tertiary/aromatic N) is 1. The second kappa shape index (κ2) is 7.36. The van der Waals surface area contributed by atoms with Crippen LogP contribution in [0, 0.1) is 17.0 Å². The second-order valence-corrected chi connectivity index (χ2v) is 8.68. The zero-order valence-electron chi connectivity index (χ0n) is 14.4. The van der Waals surface area contributed by atoms with E-state index in [9.17, 15) is 27.1 Å². The molecule has 2 aromatic carbocycles. The van der Waals surface area contributed by atoms with Crippen LogP contribution in [0.4, 0.5) is 8.78 Å². The van der Waals surface area contributed by atoms with Gasteiger partial charge in [-0.15, -0.1) is 0 Å². The van der Waals surface area contributed by atoms with Crippen molar-refractivity contribution in [2.24, 2.45) is 5.41 Å². The highest BCUT2D eigenvalue weighted by molar-refractivity contribution is 7.89. The average Bonchev–Trinajstić information content (AvgIpc) is 2.64. The Morgan fingerprint density at radius 2 is 1.44 bits per heavy atom. The van der Waals surface area contributed by atoms with E-state index < -0.39 is 33.0 Å². The summed E-state index contributed by atoms with van der Waals surface area (Å²) in [6, 6.07) is 10.2. The van der Waals surface area contributed by atoms with Gasteiger partial charge in [0.1, 0.15) is 11.6 Å². The van der Waals surface area contributed by atoms with Crippen molar-refractivity contribution in [2.45, 2.75) is 24.2 Å². The number of aliphatic carboxylic acids is 1. The SMILES string of the molecule is O=C(O)C1(Cc2ccc(F)cc2)CCN(S(=O)(=O)c2ccc(F)cc2)CC1. The molecule has 0 spiro atoms. The molecule has 1 aliphatic heterocycles. The molecule has 0 atom stereocenters. The Bertz CT molecular complexity index is 919. The second-order valence-electron chi connectivity index (χ2n) is 6.75. The summed E-state index contributed by atoms with van der Waals surface area (Å²) in [5.41, 5.74) is -0.416. The van der Waals surface area contributed by atoms with Gasteiger partial charge in [-0.2, -0.15) is 4.31 Å². The van der Waals surface area contributed by atoms with Gasteiger partial charge in [0, 0.05) is 13.1 Å².